The smallest absolute Gasteiger partial charge is 0.257 e. The second kappa shape index (κ2) is 10.5. The maximum absolute atomic E-state index is 12.4. The van der Waals surface area contributed by atoms with Gasteiger partial charge in [0.25, 0.3) is 5.88 Å². The van der Waals surface area contributed by atoms with Crippen molar-refractivity contribution in [3.63, 3.8) is 0 Å². The van der Waals surface area contributed by atoms with Crippen LogP contribution in [0.3, 0.4) is 0 Å². The molecule has 0 aliphatic carbocycles. The molecule has 13 heteroatoms. The minimum absolute atomic E-state index is 0.0529. The van der Waals surface area contributed by atoms with E-state index in [-0.39, 0.29) is 17.0 Å². The fourth-order valence-corrected chi connectivity index (χ4v) is 5.17. The van der Waals surface area contributed by atoms with E-state index in [2.05, 4.69) is 30.5 Å². The van der Waals surface area contributed by atoms with Gasteiger partial charge in [0, 0.05) is 51.2 Å². The average Bonchev–Trinajstić information content (AvgIpc) is 3.36. The molecule has 0 bridgehead atoms. The number of hydrogen-bond donors (Lipinski definition) is 2. The lowest BCUT2D eigenvalue weighted by Crippen LogP contribution is -2.39. The molecule has 5 heterocycles. The van der Waals surface area contributed by atoms with Crippen LogP contribution in [0.1, 0.15) is 27.2 Å². The quantitative estimate of drug-likeness (QED) is 0.432. The SMILES string of the molecule is CO[C@H]1CCN(c2ccc(S(C)(=O)=O)nc2Nc2cc(NC(C)=O)ncc2-c2ccc3c(n2)OCC(C)(C)O3)C1. The third-order valence-corrected chi connectivity index (χ3v) is 7.54. The van der Waals surface area contributed by atoms with Crippen molar-refractivity contribution < 1.29 is 27.4 Å². The van der Waals surface area contributed by atoms with E-state index in [0.29, 0.717) is 65.6 Å². The first-order valence-electron chi connectivity index (χ1n) is 12.8. The van der Waals surface area contributed by atoms with Crippen molar-refractivity contribution in [3.8, 4) is 22.9 Å². The number of carbonyl (C=O) groups is 1. The minimum atomic E-state index is -3.59. The zero-order valence-corrected chi connectivity index (χ0v) is 23.8. The summed E-state index contributed by atoms with van der Waals surface area (Å²) in [5.41, 5.74) is 1.86. The lowest BCUT2D eigenvalue weighted by molar-refractivity contribution is -0.114. The molecule has 12 nitrogen and oxygen atoms in total. The molecule has 3 aromatic heterocycles. The van der Waals surface area contributed by atoms with Crippen LogP contribution < -0.4 is 25.0 Å². The monoisotopic (exact) mass is 568 g/mol. The summed E-state index contributed by atoms with van der Waals surface area (Å²) in [4.78, 5) is 27.4. The van der Waals surface area contributed by atoms with E-state index in [0.717, 1.165) is 12.7 Å². The summed E-state index contributed by atoms with van der Waals surface area (Å²) in [5, 5.41) is 5.93. The Morgan fingerprint density at radius 1 is 1.20 bits per heavy atom. The Morgan fingerprint density at radius 3 is 2.70 bits per heavy atom. The Bertz CT molecular complexity index is 1560. The van der Waals surface area contributed by atoms with Gasteiger partial charge in [-0.3, -0.25) is 4.79 Å². The average molecular weight is 569 g/mol. The number of anilines is 4. The van der Waals surface area contributed by atoms with Crippen LogP contribution in [0.4, 0.5) is 23.0 Å². The normalized spacial score (nSPS) is 17.9. The highest BCUT2D eigenvalue weighted by Crippen LogP contribution is 2.39. The maximum Gasteiger partial charge on any atom is 0.257 e. The molecule has 0 saturated carbocycles. The number of aromatic nitrogens is 3. The molecule has 1 atom stereocenters. The number of hydrogen-bond acceptors (Lipinski definition) is 11. The third kappa shape index (κ3) is 5.94. The Hall–Kier alpha value is -3.97. The van der Waals surface area contributed by atoms with Crippen molar-refractivity contribution in [2.24, 2.45) is 0 Å². The van der Waals surface area contributed by atoms with Gasteiger partial charge in [0.05, 0.1) is 23.2 Å². The van der Waals surface area contributed by atoms with Gasteiger partial charge < -0.3 is 29.7 Å². The van der Waals surface area contributed by atoms with Gasteiger partial charge in [0.15, 0.2) is 26.4 Å². The highest BCUT2D eigenvalue weighted by atomic mass is 32.2. The zero-order chi connectivity index (χ0) is 28.7. The first kappa shape index (κ1) is 27.6. The van der Waals surface area contributed by atoms with Gasteiger partial charge >= 0.3 is 0 Å². The summed E-state index contributed by atoms with van der Waals surface area (Å²) >= 11 is 0. The van der Waals surface area contributed by atoms with E-state index in [1.807, 2.05) is 13.8 Å². The number of ether oxygens (including phenoxy) is 3. The van der Waals surface area contributed by atoms with E-state index in [1.165, 1.54) is 13.0 Å². The molecule has 1 fully saturated rings. The second-order valence-corrected chi connectivity index (χ2v) is 12.4. The number of amides is 1. The third-order valence-electron chi connectivity index (χ3n) is 6.55. The first-order valence-corrected chi connectivity index (χ1v) is 14.7. The van der Waals surface area contributed by atoms with Crippen LogP contribution in [0.15, 0.2) is 41.6 Å². The number of sulfone groups is 1. The summed E-state index contributed by atoms with van der Waals surface area (Å²) < 4.78 is 42.2. The van der Waals surface area contributed by atoms with Crippen molar-refractivity contribution in [1.29, 1.82) is 0 Å². The van der Waals surface area contributed by atoms with E-state index >= 15 is 0 Å². The van der Waals surface area contributed by atoms with Gasteiger partial charge in [-0.1, -0.05) is 0 Å². The standard InChI is InChI=1S/C27H32N6O6S/c1-16(34)29-23-12-20(18(13-28-23)19-6-8-22-26(31-19)38-15-27(2,3)39-22)30-25-21(33-11-10-17(14-33)37-4)7-9-24(32-25)40(5,35)36/h6-9,12-13,17H,10-11,14-15H2,1-5H3,(H2,28,29,30,32,34)/t17-/m0/s1. The fourth-order valence-electron chi connectivity index (χ4n) is 4.59. The second-order valence-electron chi connectivity index (χ2n) is 10.5. The highest BCUT2D eigenvalue weighted by Gasteiger charge is 2.30. The predicted molar refractivity (Wildman–Crippen MR) is 150 cm³/mol. The molecule has 3 aromatic rings. The molecule has 0 radical (unpaired) electrons. The number of nitrogens with zero attached hydrogens (tertiary/aromatic N) is 4. The predicted octanol–water partition coefficient (Wildman–Crippen LogP) is 3.42. The topological polar surface area (TPSA) is 145 Å². The molecule has 5 rings (SSSR count). The van der Waals surface area contributed by atoms with Gasteiger partial charge in [0.2, 0.25) is 5.91 Å². The molecule has 0 aromatic carbocycles. The lowest BCUT2D eigenvalue weighted by Gasteiger charge is -2.31. The molecule has 2 aliphatic heterocycles. The van der Waals surface area contributed by atoms with Crippen LogP contribution in [0.2, 0.25) is 0 Å². The fraction of sp³-hybridized carbons (Fsp3) is 0.407. The van der Waals surface area contributed by atoms with Crippen molar-refractivity contribution in [1.82, 2.24) is 15.0 Å². The number of fused-ring (bicyclic) bond motifs is 1. The molecular formula is C27H32N6O6S. The summed E-state index contributed by atoms with van der Waals surface area (Å²) in [6, 6.07) is 8.46. The van der Waals surface area contributed by atoms with Crippen LogP contribution >= 0.6 is 0 Å². The Labute approximate surface area is 233 Å². The molecule has 0 spiro atoms. The number of pyridine rings is 3. The van der Waals surface area contributed by atoms with E-state index in [9.17, 15) is 13.2 Å². The van der Waals surface area contributed by atoms with E-state index in [4.69, 9.17) is 14.2 Å². The van der Waals surface area contributed by atoms with Gasteiger partial charge in [0.1, 0.15) is 18.0 Å². The van der Waals surface area contributed by atoms with Gasteiger partial charge in [-0.15, -0.1) is 0 Å². The molecule has 0 unspecified atom stereocenters. The number of rotatable bonds is 7. The summed E-state index contributed by atoms with van der Waals surface area (Å²) in [6.45, 7) is 6.94. The van der Waals surface area contributed by atoms with Crippen LogP contribution in [-0.4, -0.2) is 74.0 Å². The lowest BCUT2D eigenvalue weighted by atomic mass is 10.1. The molecular weight excluding hydrogens is 536 g/mol. The van der Waals surface area contributed by atoms with E-state index in [1.54, 1.807) is 37.6 Å². The Balaban J connectivity index is 1.60. The zero-order valence-electron chi connectivity index (χ0n) is 23.0. The Kier molecular flexibility index (Phi) is 7.27. The summed E-state index contributed by atoms with van der Waals surface area (Å²) in [6.07, 6.45) is 3.57. The number of methoxy groups -OCH3 is 1. The van der Waals surface area contributed by atoms with Crippen molar-refractivity contribution in [2.45, 2.75) is 43.9 Å². The molecule has 2 N–H and O–H groups in total. The highest BCUT2D eigenvalue weighted by molar-refractivity contribution is 7.90. The van der Waals surface area contributed by atoms with Crippen molar-refractivity contribution in [3.05, 3.63) is 36.5 Å². The van der Waals surface area contributed by atoms with Gasteiger partial charge in [-0.25, -0.2) is 23.4 Å². The minimum Gasteiger partial charge on any atom is -0.479 e. The van der Waals surface area contributed by atoms with Crippen LogP contribution in [-0.2, 0) is 19.4 Å². The molecule has 1 amide bonds. The molecule has 2 aliphatic rings. The van der Waals surface area contributed by atoms with Crippen LogP contribution in [0.5, 0.6) is 11.6 Å². The maximum atomic E-state index is 12.4. The van der Waals surface area contributed by atoms with Crippen molar-refractivity contribution >= 4 is 38.8 Å². The summed E-state index contributed by atoms with van der Waals surface area (Å²) in [5.74, 6) is 1.24. The van der Waals surface area contributed by atoms with Crippen LogP contribution in [0, 0.1) is 0 Å². The molecule has 40 heavy (non-hydrogen) atoms. The largest absolute Gasteiger partial charge is 0.479 e. The van der Waals surface area contributed by atoms with Crippen LogP contribution in [0.25, 0.3) is 11.3 Å². The van der Waals surface area contributed by atoms with Crippen molar-refractivity contribution in [2.75, 3.05) is 48.6 Å². The number of nitrogens with one attached hydrogen (secondary N) is 2. The van der Waals surface area contributed by atoms with Gasteiger partial charge in [-0.05, 0) is 44.5 Å². The molecule has 1 saturated heterocycles. The van der Waals surface area contributed by atoms with E-state index < -0.39 is 15.4 Å². The summed E-state index contributed by atoms with van der Waals surface area (Å²) in [7, 11) is -1.91. The first-order chi connectivity index (χ1) is 18.9. The van der Waals surface area contributed by atoms with Gasteiger partial charge in [-0.2, -0.15) is 0 Å². The molecule has 212 valence electrons. The Morgan fingerprint density at radius 2 is 2.00 bits per heavy atom. The number of carbonyl (C=O) groups excluding carboxylic acids is 1.